The van der Waals surface area contributed by atoms with Crippen molar-refractivity contribution in [3.05, 3.63) is 16.3 Å². The third-order valence-corrected chi connectivity index (χ3v) is 2.84. The molecule has 0 aliphatic rings. The lowest BCUT2D eigenvalue weighted by molar-refractivity contribution is 0.0953. The third kappa shape index (κ3) is 3.40. The topological polar surface area (TPSA) is 29.1 Å². The molecule has 72 valence electrons. The van der Waals surface area contributed by atoms with Crippen LogP contribution in [0.5, 0.6) is 0 Å². The van der Waals surface area contributed by atoms with E-state index in [1.54, 1.807) is 6.07 Å². The molecule has 0 aromatic carbocycles. The minimum atomic E-state index is -0.000926. The molecule has 2 nitrogen and oxygen atoms in total. The predicted molar refractivity (Wildman–Crippen MR) is 58.7 cm³/mol. The van der Waals surface area contributed by atoms with Gasteiger partial charge in [0.05, 0.1) is 4.88 Å². The van der Waals surface area contributed by atoms with E-state index in [9.17, 15) is 4.79 Å². The first kappa shape index (κ1) is 10.6. The quantitative estimate of drug-likeness (QED) is 0.745. The van der Waals surface area contributed by atoms with Crippen molar-refractivity contribution >= 4 is 29.9 Å². The predicted octanol–water partition coefficient (Wildman–Crippen LogP) is 2.42. The largest absolute Gasteiger partial charge is 0.351 e. The Morgan fingerprint density at radius 3 is 2.85 bits per heavy atom. The maximum Gasteiger partial charge on any atom is 0.261 e. The second kappa shape index (κ2) is 4.67. The van der Waals surface area contributed by atoms with Gasteiger partial charge in [-0.15, -0.1) is 24.0 Å². The summed E-state index contributed by atoms with van der Waals surface area (Å²) in [5, 5.41) is 4.70. The van der Waals surface area contributed by atoms with Gasteiger partial charge in [-0.3, -0.25) is 4.79 Å². The lowest BCUT2D eigenvalue weighted by atomic mass is 10.2. The number of rotatable bonds is 3. The van der Waals surface area contributed by atoms with E-state index in [2.05, 4.69) is 31.8 Å². The van der Waals surface area contributed by atoms with Crippen LogP contribution in [0.3, 0.4) is 0 Å². The SMILES string of the molecule is CC(C)CNC(=O)c1cc(S)cs1. The van der Waals surface area contributed by atoms with Crippen LogP contribution in [0.25, 0.3) is 0 Å². The second-order valence-electron chi connectivity index (χ2n) is 3.27. The Morgan fingerprint density at radius 1 is 1.69 bits per heavy atom. The molecule has 0 spiro atoms. The van der Waals surface area contributed by atoms with Gasteiger partial charge in [0.15, 0.2) is 0 Å². The van der Waals surface area contributed by atoms with E-state index in [1.165, 1.54) is 11.3 Å². The summed E-state index contributed by atoms with van der Waals surface area (Å²) in [7, 11) is 0. The number of carbonyl (C=O) groups excluding carboxylic acids is 1. The van der Waals surface area contributed by atoms with Crippen LogP contribution in [0.2, 0.25) is 0 Å². The second-order valence-corrected chi connectivity index (χ2v) is 4.70. The summed E-state index contributed by atoms with van der Waals surface area (Å²) in [4.78, 5) is 13.0. The monoisotopic (exact) mass is 215 g/mol. The molecule has 0 saturated heterocycles. The van der Waals surface area contributed by atoms with Crippen molar-refractivity contribution in [3.63, 3.8) is 0 Å². The molecule has 1 heterocycles. The fourth-order valence-corrected chi connectivity index (χ4v) is 1.89. The van der Waals surface area contributed by atoms with Gasteiger partial charge in [-0.2, -0.15) is 0 Å². The molecule has 0 fully saturated rings. The standard InChI is InChI=1S/C9H13NOS2/c1-6(2)4-10-9(11)8-3-7(12)5-13-8/h3,5-6,12H,4H2,1-2H3,(H,10,11). The van der Waals surface area contributed by atoms with Crippen LogP contribution in [0.15, 0.2) is 16.3 Å². The minimum absolute atomic E-state index is 0.000926. The van der Waals surface area contributed by atoms with E-state index < -0.39 is 0 Å². The van der Waals surface area contributed by atoms with E-state index in [0.29, 0.717) is 5.92 Å². The lowest BCUT2D eigenvalue weighted by Gasteiger charge is -2.05. The zero-order chi connectivity index (χ0) is 9.84. The van der Waals surface area contributed by atoms with Crippen LogP contribution in [0.4, 0.5) is 0 Å². The third-order valence-electron chi connectivity index (χ3n) is 1.48. The number of amides is 1. The van der Waals surface area contributed by atoms with Crippen LogP contribution in [-0.2, 0) is 0 Å². The van der Waals surface area contributed by atoms with Gasteiger partial charge in [0.25, 0.3) is 5.91 Å². The van der Waals surface area contributed by atoms with Crippen LogP contribution < -0.4 is 5.32 Å². The Balaban J connectivity index is 2.49. The summed E-state index contributed by atoms with van der Waals surface area (Å²) in [5.41, 5.74) is 0. The maximum absolute atomic E-state index is 11.4. The van der Waals surface area contributed by atoms with Crippen molar-refractivity contribution in [3.8, 4) is 0 Å². The molecule has 0 atom stereocenters. The molecule has 13 heavy (non-hydrogen) atoms. The van der Waals surface area contributed by atoms with Crippen molar-refractivity contribution in [2.45, 2.75) is 18.7 Å². The van der Waals surface area contributed by atoms with E-state index in [4.69, 9.17) is 0 Å². The average molecular weight is 215 g/mol. The van der Waals surface area contributed by atoms with Crippen molar-refractivity contribution in [1.82, 2.24) is 5.32 Å². The molecule has 4 heteroatoms. The maximum atomic E-state index is 11.4. The molecule has 0 unspecified atom stereocenters. The number of nitrogens with one attached hydrogen (secondary N) is 1. The highest BCUT2D eigenvalue weighted by molar-refractivity contribution is 7.80. The Bertz CT molecular complexity index is 294. The molecule has 0 aliphatic heterocycles. The molecule has 1 amide bonds. The van der Waals surface area contributed by atoms with Crippen molar-refractivity contribution < 1.29 is 4.79 Å². The number of thiol groups is 1. The van der Waals surface area contributed by atoms with Crippen LogP contribution in [0.1, 0.15) is 23.5 Å². The average Bonchev–Trinajstić information content (AvgIpc) is 2.47. The lowest BCUT2D eigenvalue weighted by Crippen LogP contribution is -2.26. The zero-order valence-electron chi connectivity index (χ0n) is 7.70. The van der Waals surface area contributed by atoms with E-state index in [0.717, 1.165) is 16.3 Å². The van der Waals surface area contributed by atoms with Gasteiger partial charge < -0.3 is 5.32 Å². The summed E-state index contributed by atoms with van der Waals surface area (Å²) in [5.74, 6) is 0.485. The first-order chi connectivity index (χ1) is 6.09. The smallest absolute Gasteiger partial charge is 0.261 e. The normalized spacial score (nSPS) is 10.5. The van der Waals surface area contributed by atoms with Crippen molar-refractivity contribution in [2.24, 2.45) is 5.92 Å². The van der Waals surface area contributed by atoms with E-state index in [1.807, 2.05) is 5.38 Å². The summed E-state index contributed by atoms with van der Waals surface area (Å²) >= 11 is 5.56. The summed E-state index contributed by atoms with van der Waals surface area (Å²) in [6.45, 7) is 4.86. The number of hydrogen-bond donors (Lipinski definition) is 2. The zero-order valence-corrected chi connectivity index (χ0v) is 9.41. The molecule has 0 aliphatic carbocycles. The molecule has 0 bridgehead atoms. The highest BCUT2D eigenvalue weighted by Crippen LogP contribution is 2.17. The Labute approximate surface area is 87.8 Å². The number of hydrogen-bond acceptors (Lipinski definition) is 3. The molecule has 1 aromatic rings. The Hall–Kier alpha value is -0.480. The summed E-state index contributed by atoms with van der Waals surface area (Å²) in [6, 6.07) is 1.78. The van der Waals surface area contributed by atoms with Crippen molar-refractivity contribution in [2.75, 3.05) is 6.54 Å². The van der Waals surface area contributed by atoms with Gasteiger partial charge >= 0.3 is 0 Å². The fourth-order valence-electron chi connectivity index (χ4n) is 0.829. The first-order valence-corrected chi connectivity index (χ1v) is 5.48. The van der Waals surface area contributed by atoms with Crippen LogP contribution >= 0.6 is 24.0 Å². The highest BCUT2D eigenvalue weighted by Gasteiger charge is 2.07. The van der Waals surface area contributed by atoms with E-state index in [-0.39, 0.29) is 5.91 Å². The Kier molecular flexibility index (Phi) is 3.81. The van der Waals surface area contributed by atoms with Gasteiger partial charge in [0.1, 0.15) is 0 Å². The highest BCUT2D eigenvalue weighted by atomic mass is 32.1. The van der Waals surface area contributed by atoms with E-state index >= 15 is 0 Å². The van der Waals surface area contributed by atoms with Gasteiger partial charge in [0.2, 0.25) is 0 Å². The minimum Gasteiger partial charge on any atom is -0.351 e. The van der Waals surface area contributed by atoms with Crippen LogP contribution in [0, 0.1) is 5.92 Å². The Morgan fingerprint density at radius 2 is 2.38 bits per heavy atom. The van der Waals surface area contributed by atoms with Crippen LogP contribution in [-0.4, -0.2) is 12.5 Å². The van der Waals surface area contributed by atoms with Gasteiger partial charge in [-0.25, -0.2) is 0 Å². The summed E-state index contributed by atoms with van der Waals surface area (Å²) in [6.07, 6.45) is 0. The molecular weight excluding hydrogens is 202 g/mol. The van der Waals surface area contributed by atoms with Gasteiger partial charge in [-0.05, 0) is 12.0 Å². The van der Waals surface area contributed by atoms with Crippen molar-refractivity contribution in [1.29, 1.82) is 0 Å². The fraction of sp³-hybridized carbons (Fsp3) is 0.444. The summed E-state index contributed by atoms with van der Waals surface area (Å²) < 4.78 is 0. The molecule has 1 N–H and O–H groups in total. The number of thiophene rings is 1. The van der Waals surface area contributed by atoms with Gasteiger partial charge in [0, 0.05) is 16.8 Å². The molecule has 0 saturated carbocycles. The first-order valence-electron chi connectivity index (χ1n) is 4.15. The molecule has 1 aromatic heterocycles. The van der Waals surface area contributed by atoms with Gasteiger partial charge in [-0.1, -0.05) is 13.8 Å². The number of carbonyl (C=O) groups is 1. The molecule has 1 rings (SSSR count). The molecular formula is C9H13NOS2. The molecule has 0 radical (unpaired) electrons.